The van der Waals surface area contributed by atoms with E-state index in [0.29, 0.717) is 19.8 Å². The van der Waals surface area contributed by atoms with Crippen molar-refractivity contribution in [3.63, 3.8) is 0 Å². The number of morpholine rings is 1. The van der Waals surface area contributed by atoms with Crippen molar-refractivity contribution in [2.24, 2.45) is 4.99 Å². The summed E-state index contributed by atoms with van der Waals surface area (Å²) >= 11 is 0. The van der Waals surface area contributed by atoms with Crippen LogP contribution < -0.4 is 10.1 Å². The van der Waals surface area contributed by atoms with E-state index in [2.05, 4.69) is 27.9 Å². The fourth-order valence-corrected chi connectivity index (χ4v) is 3.43. The Balaban J connectivity index is 1.58. The summed E-state index contributed by atoms with van der Waals surface area (Å²) in [6.45, 7) is 8.04. The Kier molecular flexibility index (Phi) is 6.91. The first kappa shape index (κ1) is 18.7. The molecule has 0 bridgehead atoms. The first-order chi connectivity index (χ1) is 12.8. The molecule has 2 fully saturated rings. The first-order valence-electron chi connectivity index (χ1n) is 9.32. The normalized spacial score (nSPS) is 23.7. The average molecular weight is 359 g/mol. The molecule has 0 amide bonds. The van der Waals surface area contributed by atoms with Crippen molar-refractivity contribution in [1.82, 2.24) is 10.2 Å². The van der Waals surface area contributed by atoms with Crippen molar-refractivity contribution in [2.75, 3.05) is 40.0 Å². The maximum atomic E-state index is 5.93. The monoisotopic (exact) mass is 359 g/mol. The molecule has 0 aromatic heterocycles. The van der Waals surface area contributed by atoms with Crippen LogP contribution in [0.5, 0.6) is 5.75 Å². The molecule has 1 aromatic carbocycles. The second kappa shape index (κ2) is 9.59. The Bertz CT molecular complexity index is 614. The number of hydrogen-bond acceptors (Lipinski definition) is 4. The second-order valence-electron chi connectivity index (χ2n) is 6.51. The van der Waals surface area contributed by atoms with Crippen LogP contribution in [-0.4, -0.2) is 63.0 Å². The lowest BCUT2D eigenvalue weighted by molar-refractivity contribution is -0.0817. The molecule has 2 unspecified atom stereocenters. The number of nitrogens with one attached hydrogen (secondary N) is 1. The van der Waals surface area contributed by atoms with Gasteiger partial charge in [-0.3, -0.25) is 4.99 Å². The first-order valence-corrected chi connectivity index (χ1v) is 9.32. The smallest absolute Gasteiger partial charge is 0.194 e. The minimum absolute atomic E-state index is 0.119. The van der Waals surface area contributed by atoms with Crippen LogP contribution >= 0.6 is 0 Å². The number of aliphatic imine (C=N–C) groups is 1. The predicted molar refractivity (Wildman–Crippen MR) is 103 cm³/mol. The van der Waals surface area contributed by atoms with E-state index in [1.807, 2.05) is 25.2 Å². The molecule has 0 radical (unpaired) electrons. The number of nitrogens with zero attached hydrogens (tertiary/aromatic N) is 2. The van der Waals surface area contributed by atoms with Gasteiger partial charge in [-0.2, -0.15) is 0 Å². The number of rotatable bonds is 6. The third kappa shape index (κ3) is 4.77. The van der Waals surface area contributed by atoms with E-state index in [4.69, 9.17) is 14.2 Å². The van der Waals surface area contributed by atoms with Gasteiger partial charge in [-0.05, 0) is 18.9 Å². The summed E-state index contributed by atoms with van der Waals surface area (Å²) in [6, 6.07) is 8.03. The lowest BCUT2D eigenvalue weighted by Gasteiger charge is -2.37. The van der Waals surface area contributed by atoms with Gasteiger partial charge in [0.25, 0.3) is 0 Å². The van der Waals surface area contributed by atoms with Crippen molar-refractivity contribution in [1.29, 1.82) is 0 Å². The van der Waals surface area contributed by atoms with E-state index < -0.39 is 0 Å². The Morgan fingerprint density at radius 1 is 1.35 bits per heavy atom. The van der Waals surface area contributed by atoms with E-state index in [9.17, 15) is 0 Å². The van der Waals surface area contributed by atoms with E-state index in [0.717, 1.165) is 49.8 Å². The maximum absolute atomic E-state index is 5.93. The van der Waals surface area contributed by atoms with Crippen LogP contribution in [0.1, 0.15) is 18.4 Å². The van der Waals surface area contributed by atoms with Crippen LogP contribution in [-0.2, 0) is 16.0 Å². The van der Waals surface area contributed by atoms with Gasteiger partial charge in [0.05, 0.1) is 12.7 Å². The van der Waals surface area contributed by atoms with Gasteiger partial charge in [0, 0.05) is 38.9 Å². The van der Waals surface area contributed by atoms with Crippen molar-refractivity contribution >= 4 is 5.96 Å². The highest BCUT2D eigenvalue weighted by Crippen LogP contribution is 2.21. The third-order valence-electron chi connectivity index (χ3n) is 4.75. The molecule has 1 N–H and O–H groups in total. The summed E-state index contributed by atoms with van der Waals surface area (Å²) in [6.07, 6.45) is 4.29. The standard InChI is InChI=1S/C20H29N3O3/c1-3-11-24-17-8-5-4-7-16(17)14-22-20(21-2)23-10-13-26-19(15-23)18-9-6-12-25-18/h3-5,7-8,18-19H,1,6,9-15H2,2H3,(H,21,22). The van der Waals surface area contributed by atoms with E-state index in [1.165, 1.54) is 0 Å². The van der Waals surface area contributed by atoms with Crippen LogP contribution in [0, 0.1) is 0 Å². The Morgan fingerprint density at radius 3 is 2.96 bits per heavy atom. The van der Waals surface area contributed by atoms with Gasteiger partial charge in [0.1, 0.15) is 18.5 Å². The zero-order chi connectivity index (χ0) is 18.2. The zero-order valence-corrected chi connectivity index (χ0v) is 15.5. The van der Waals surface area contributed by atoms with Crippen LogP contribution in [0.25, 0.3) is 0 Å². The molecule has 6 nitrogen and oxygen atoms in total. The second-order valence-corrected chi connectivity index (χ2v) is 6.51. The highest BCUT2D eigenvalue weighted by Gasteiger charge is 2.32. The number of hydrogen-bond donors (Lipinski definition) is 1. The number of guanidine groups is 1. The minimum Gasteiger partial charge on any atom is -0.489 e. The summed E-state index contributed by atoms with van der Waals surface area (Å²) in [5, 5.41) is 3.46. The van der Waals surface area contributed by atoms with Gasteiger partial charge >= 0.3 is 0 Å². The third-order valence-corrected chi connectivity index (χ3v) is 4.75. The molecule has 1 aromatic rings. The summed E-state index contributed by atoms with van der Waals surface area (Å²) in [4.78, 5) is 6.71. The largest absolute Gasteiger partial charge is 0.489 e. The van der Waals surface area contributed by atoms with E-state index >= 15 is 0 Å². The molecule has 0 aliphatic carbocycles. The van der Waals surface area contributed by atoms with Gasteiger partial charge in [0.2, 0.25) is 0 Å². The fourth-order valence-electron chi connectivity index (χ4n) is 3.43. The number of benzene rings is 1. The zero-order valence-electron chi connectivity index (χ0n) is 15.5. The molecule has 142 valence electrons. The molecule has 6 heteroatoms. The number of ether oxygens (including phenoxy) is 3. The van der Waals surface area contributed by atoms with Gasteiger partial charge in [-0.25, -0.2) is 0 Å². The molecule has 2 heterocycles. The van der Waals surface area contributed by atoms with Gasteiger partial charge in [0.15, 0.2) is 5.96 Å². The van der Waals surface area contributed by atoms with Crippen LogP contribution in [0.15, 0.2) is 41.9 Å². The van der Waals surface area contributed by atoms with Crippen molar-refractivity contribution in [3.8, 4) is 5.75 Å². The molecule has 2 saturated heterocycles. The van der Waals surface area contributed by atoms with Crippen molar-refractivity contribution in [2.45, 2.75) is 31.6 Å². The molecule has 26 heavy (non-hydrogen) atoms. The van der Waals surface area contributed by atoms with Crippen molar-refractivity contribution < 1.29 is 14.2 Å². The van der Waals surface area contributed by atoms with Crippen molar-refractivity contribution in [3.05, 3.63) is 42.5 Å². The van der Waals surface area contributed by atoms with Crippen LogP contribution in [0.2, 0.25) is 0 Å². The molecule has 2 aliphatic heterocycles. The molecule has 2 atom stereocenters. The average Bonchev–Trinajstić information content (AvgIpc) is 3.23. The summed E-state index contributed by atoms with van der Waals surface area (Å²) in [7, 11) is 1.82. The minimum atomic E-state index is 0.119. The van der Waals surface area contributed by atoms with Gasteiger partial charge < -0.3 is 24.4 Å². The van der Waals surface area contributed by atoms with Crippen LogP contribution in [0.3, 0.4) is 0 Å². The quantitative estimate of drug-likeness (QED) is 0.479. The number of para-hydroxylation sites is 1. The molecule has 3 rings (SSSR count). The summed E-state index contributed by atoms with van der Waals surface area (Å²) < 4.78 is 17.5. The summed E-state index contributed by atoms with van der Waals surface area (Å²) in [5.74, 6) is 1.75. The Hall–Kier alpha value is -2.05. The Morgan fingerprint density at radius 2 is 2.19 bits per heavy atom. The fraction of sp³-hybridized carbons (Fsp3) is 0.550. The van der Waals surface area contributed by atoms with Crippen LogP contribution in [0.4, 0.5) is 0 Å². The molecular weight excluding hydrogens is 330 g/mol. The van der Waals surface area contributed by atoms with E-state index in [-0.39, 0.29) is 12.2 Å². The highest BCUT2D eigenvalue weighted by atomic mass is 16.5. The molecule has 0 saturated carbocycles. The lowest BCUT2D eigenvalue weighted by atomic mass is 10.1. The molecule has 2 aliphatic rings. The lowest BCUT2D eigenvalue weighted by Crippen LogP contribution is -2.53. The SMILES string of the molecule is C=CCOc1ccccc1CNC(=NC)N1CCOC(C2CCCO2)C1. The topological polar surface area (TPSA) is 55.3 Å². The van der Waals surface area contributed by atoms with E-state index in [1.54, 1.807) is 6.08 Å². The maximum Gasteiger partial charge on any atom is 0.194 e. The molecule has 0 spiro atoms. The summed E-state index contributed by atoms with van der Waals surface area (Å²) in [5.41, 5.74) is 1.10. The highest BCUT2D eigenvalue weighted by molar-refractivity contribution is 5.80. The van der Waals surface area contributed by atoms with Gasteiger partial charge in [-0.15, -0.1) is 0 Å². The Labute approximate surface area is 155 Å². The predicted octanol–water partition coefficient (Wildman–Crippen LogP) is 2.21. The molecular formula is C20H29N3O3. The van der Waals surface area contributed by atoms with Gasteiger partial charge in [-0.1, -0.05) is 30.9 Å².